The molecule has 0 aromatic rings. The SMILES string of the molecule is N#CC(NC1CCCCCC1)C1CCOCC1. The summed E-state index contributed by atoms with van der Waals surface area (Å²) in [6.45, 7) is 1.66. The maximum Gasteiger partial charge on any atom is 0.0985 e. The van der Waals surface area contributed by atoms with Crippen molar-refractivity contribution >= 4 is 0 Å². The molecule has 1 atom stereocenters. The second-order valence-electron chi connectivity index (χ2n) is 5.41. The van der Waals surface area contributed by atoms with Crippen LogP contribution in [0, 0.1) is 17.2 Å². The average Bonchev–Trinajstić information content (AvgIpc) is 2.65. The molecule has 0 bridgehead atoms. The predicted molar refractivity (Wildman–Crippen MR) is 67.6 cm³/mol. The highest BCUT2D eigenvalue weighted by atomic mass is 16.5. The fourth-order valence-corrected chi connectivity index (χ4v) is 3.03. The van der Waals surface area contributed by atoms with Gasteiger partial charge in [-0.05, 0) is 31.6 Å². The molecule has 96 valence electrons. The van der Waals surface area contributed by atoms with E-state index in [2.05, 4.69) is 11.4 Å². The highest BCUT2D eigenvalue weighted by molar-refractivity contribution is 4.97. The molecule has 0 radical (unpaired) electrons. The van der Waals surface area contributed by atoms with Crippen LogP contribution in [0.2, 0.25) is 0 Å². The summed E-state index contributed by atoms with van der Waals surface area (Å²) in [4.78, 5) is 0. The first-order chi connectivity index (χ1) is 8.40. The van der Waals surface area contributed by atoms with E-state index in [1.54, 1.807) is 0 Å². The zero-order valence-electron chi connectivity index (χ0n) is 10.7. The van der Waals surface area contributed by atoms with E-state index in [1.807, 2.05) is 0 Å². The van der Waals surface area contributed by atoms with E-state index in [9.17, 15) is 5.26 Å². The molecule has 2 rings (SSSR count). The number of ether oxygens (including phenoxy) is 1. The molecule has 1 saturated carbocycles. The van der Waals surface area contributed by atoms with Crippen LogP contribution in [0.1, 0.15) is 51.4 Å². The number of nitrogens with zero attached hydrogens (tertiary/aromatic N) is 1. The van der Waals surface area contributed by atoms with Gasteiger partial charge in [-0.15, -0.1) is 0 Å². The van der Waals surface area contributed by atoms with Crippen molar-refractivity contribution < 1.29 is 4.74 Å². The molecule has 1 heterocycles. The van der Waals surface area contributed by atoms with E-state index in [1.165, 1.54) is 38.5 Å². The van der Waals surface area contributed by atoms with Crippen LogP contribution in [-0.4, -0.2) is 25.3 Å². The van der Waals surface area contributed by atoms with Gasteiger partial charge < -0.3 is 4.74 Å². The van der Waals surface area contributed by atoms with Crippen molar-refractivity contribution in [1.29, 1.82) is 5.26 Å². The topological polar surface area (TPSA) is 45.0 Å². The first kappa shape index (κ1) is 12.9. The summed E-state index contributed by atoms with van der Waals surface area (Å²) >= 11 is 0. The van der Waals surface area contributed by atoms with Crippen LogP contribution in [0.4, 0.5) is 0 Å². The molecule has 1 aliphatic carbocycles. The first-order valence-electron chi connectivity index (χ1n) is 7.13. The molecular weight excluding hydrogens is 212 g/mol. The largest absolute Gasteiger partial charge is 0.381 e. The average molecular weight is 236 g/mol. The Hall–Kier alpha value is -0.590. The lowest BCUT2D eigenvalue weighted by Crippen LogP contribution is -2.43. The minimum Gasteiger partial charge on any atom is -0.381 e. The smallest absolute Gasteiger partial charge is 0.0985 e. The third kappa shape index (κ3) is 3.97. The Labute approximate surface area is 105 Å². The molecule has 17 heavy (non-hydrogen) atoms. The predicted octanol–water partition coefficient (Wildman–Crippen LogP) is 2.62. The van der Waals surface area contributed by atoms with E-state index in [0.29, 0.717) is 12.0 Å². The van der Waals surface area contributed by atoms with Crippen LogP contribution in [0.5, 0.6) is 0 Å². The summed E-state index contributed by atoms with van der Waals surface area (Å²) in [5, 5.41) is 12.9. The van der Waals surface area contributed by atoms with Gasteiger partial charge in [-0.25, -0.2) is 0 Å². The molecule has 3 heteroatoms. The third-order valence-electron chi connectivity index (χ3n) is 4.15. The van der Waals surface area contributed by atoms with Crippen molar-refractivity contribution in [3.8, 4) is 6.07 Å². The lowest BCUT2D eigenvalue weighted by Gasteiger charge is -2.29. The molecule has 0 spiro atoms. The number of nitriles is 1. The highest BCUT2D eigenvalue weighted by Crippen LogP contribution is 2.22. The summed E-state index contributed by atoms with van der Waals surface area (Å²) < 4.78 is 5.37. The van der Waals surface area contributed by atoms with Crippen molar-refractivity contribution in [3.05, 3.63) is 0 Å². The van der Waals surface area contributed by atoms with Gasteiger partial charge >= 0.3 is 0 Å². The number of hydrogen-bond donors (Lipinski definition) is 1. The van der Waals surface area contributed by atoms with Gasteiger partial charge in [-0.3, -0.25) is 5.32 Å². The minimum atomic E-state index is 0.0435. The summed E-state index contributed by atoms with van der Waals surface area (Å²) in [6, 6.07) is 3.09. The quantitative estimate of drug-likeness (QED) is 0.766. The van der Waals surface area contributed by atoms with Crippen molar-refractivity contribution in [2.75, 3.05) is 13.2 Å². The molecule has 0 aromatic carbocycles. The maximum absolute atomic E-state index is 9.33. The monoisotopic (exact) mass is 236 g/mol. The van der Waals surface area contributed by atoms with E-state index >= 15 is 0 Å². The van der Waals surface area contributed by atoms with Crippen molar-refractivity contribution in [2.45, 2.75) is 63.5 Å². The molecule has 1 aliphatic heterocycles. The summed E-state index contributed by atoms with van der Waals surface area (Å²) in [5.41, 5.74) is 0. The van der Waals surface area contributed by atoms with E-state index in [0.717, 1.165) is 26.1 Å². The summed E-state index contributed by atoms with van der Waals surface area (Å²) in [5.74, 6) is 0.497. The van der Waals surface area contributed by atoms with Gasteiger partial charge in [-0.1, -0.05) is 25.7 Å². The van der Waals surface area contributed by atoms with Crippen LogP contribution in [0.3, 0.4) is 0 Å². The Kier molecular flexibility index (Phi) is 5.28. The lowest BCUT2D eigenvalue weighted by molar-refractivity contribution is 0.0583. The molecular formula is C14H24N2O. The normalized spacial score (nSPS) is 26.1. The minimum absolute atomic E-state index is 0.0435. The molecule has 1 unspecified atom stereocenters. The van der Waals surface area contributed by atoms with Gasteiger partial charge in [0.2, 0.25) is 0 Å². The lowest BCUT2D eigenvalue weighted by atomic mass is 9.91. The van der Waals surface area contributed by atoms with Gasteiger partial charge in [-0.2, -0.15) is 5.26 Å². The fourth-order valence-electron chi connectivity index (χ4n) is 3.03. The Bertz CT molecular complexity index is 247. The van der Waals surface area contributed by atoms with Gasteiger partial charge in [0.25, 0.3) is 0 Å². The third-order valence-corrected chi connectivity index (χ3v) is 4.15. The van der Waals surface area contributed by atoms with Crippen LogP contribution >= 0.6 is 0 Å². The molecule has 0 aromatic heterocycles. The second-order valence-corrected chi connectivity index (χ2v) is 5.41. The van der Waals surface area contributed by atoms with E-state index in [4.69, 9.17) is 4.74 Å². The van der Waals surface area contributed by atoms with E-state index in [-0.39, 0.29) is 6.04 Å². The molecule has 1 saturated heterocycles. The van der Waals surface area contributed by atoms with Crippen LogP contribution in [0.15, 0.2) is 0 Å². The van der Waals surface area contributed by atoms with Gasteiger partial charge in [0.1, 0.15) is 0 Å². The Morgan fingerprint density at radius 3 is 2.24 bits per heavy atom. The zero-order valence-corrected chi connectivity index (χ0v) is 10.7. The van der Waals surface area contributed by atoms with Gasteiger partial charge in [0, 0.05) is 19.3 Å². The van der Waals surface area contributed by atoms with Crippen molar-refractivity contribution in [2.24, 2.45) is 5.92 Å². The van der Waals surface area contributed by atoms with Crippen LogP contribution in [-0.2, 0) is 4.74 Å². The molecule has 3 nitrogen and oxygen atoms in total. The Morgan fingerprint density at radius 1 is 1.00 bits per heavy atom. The Morgan fingerprint density at radius 2 is 1.65 bits per heavy atom. The zero-order chi connectivity index (χ0) is 11.9. The fraction of sp³-hybridized carbons (Fsp3) is 0.929. The van der Waals surface area contributed by atoms with Crippen LogP contribution < -0.4 is 5.32 Å². The molecule has 2 aliphatic rings. The Balaban J connectivity index is 1.83. The number of nitrogens with one attached hydrogen (secondary N) is 1. The molecule has 0 amide bonds. The first-order valence-corrected chi connectivity index (χ1v) is 7.13. The van der Waals surface area contributed by atoms with E-state index < -0.39 is 0 Å². The van der Waals surface area contributed by atoms with Gasteiger partial charge in [0.15, 0.2) is 0 Å². The maximum atomic E-state index is 9.33. The van der Waals surface area contributed by atoms with Crippen LogP contribution in [0.25, 0.3) is 0 Å². The summed E-state index contributed by atoms with van der Waals surface area (Å²) in [6.07, 6.45) is 9.96. The summed E-state index contributed by atoms with van der Waals surface area (Å²) in [7, 11) is 0. The standard InChI is InChI=1S/C14H24N2O/c15-11-14(12-7-9-17-10-8-12)16-13-5-3-1-2-4-6-13/h12-14,16H,1-10H2. The van der Waals surface area contributed by atoms with Crippen molar-refractivity contribution in [3.63, 3.8) is 0 Å². The van der Waals surface area contributed by atoms with Crippen molar-refractivity contribution in [1.82, 2.24) is 5.32 Å². The number of hydrogen-bond acceptors (Lipinski definition) is 3. The second kappa shape index (κ2) is 6.98. The van der Waals surface area contributed by atoms with Gasteiger partial charge in [0.05, 0.1) is 12.1 Å². The molecule has 1 N–H and O–H groups in total. The number of rotatable bonds is 3. The highest BCUT2D eigenvalue weighted by Gasteiger charge is 2.26. The molecule has 2 fully saturated rings.